The van der Waals surface area contributed by atoms with Gasteiger partial charge in [0.15, 0.2) is 0 Å². The Balaban J connectivity index is 1.64. The van der Waals surface area contributed by atoms with Gasteiger partial charge in [0, 0.05) is 11.8 Å². The maximum absolute atomic E-state index is 6.97. The zero-order valence-corrected chi connectivity index (χ0v) is 14.1. The first-order valence-electron chi connectivity index (χ1n) is 9.52. The molecule has 2 nitrogen and oxygen atoms in total. The van der Waals surface area contributed by atoms with Crippen molar-refractivity contribution in [1.82, 2.24) is 0 Å². The van der Waals surface area contributed by atoms with E-state index in [9.17, 15) is 0 Å². The molecule has 4 aliphatic heterocycles. The largest absolute Gasteiger partial charge is 0.358 e. The molecule has 26 heavy (non-hydrogen) atoms. The standard InChI is InChI=1S/C24H16O2/c1-2-8-15-14(7-1)21-20-18-11-12-23(25-18)16-9-3-5-13-6-4-10-17(19(13)16)24(15,26-21)22(20)23/h1-12,18,20-22H/t18-,20?,21+,22?,23-,24+/m0/s1. The van der Waals surface area contributed by atoms with Crippen molar-refractivity contribution in [2.45, 2.75) is 23.4 Å². The molecular formula is C24H16O2. The highest BCUT2D eigenvalue weighted by molar-refractivity contribution is 5.93. The van der Waals surface area contributed by atoms with Crippen molar-refractivity contribution in [1.29, 1.82) is 0 Å². The quantitative estimate of drug-likeness (QED) is 0.560. The molecule has 8 rings (SSSR count). The topological polar surface area (TPSA) is 18.5 Å². The van der Waals surface area contributed by atoms with Crippen molar-refractivity contribution in [3.8, 4) is 0 Å². The maximum Gasteiger partial charge on any atom is 0.127 e. The summed E-state index contributed by atoms with van der Waals surface area (Å²) in [6, 6.07) is 22.2. The maximum atomic E-state index is 6.97. The van der Waals surface area contributed by atoms with Crippen molar-refractivity contribution in [2.24, 2.45) is 11.8 Å². The number of ether oxygens (including phenoxy) is 2. The Hall–Kier alpha value is -2.42. The summed E-state index contributed by atoms with van der Waals surface area (Å²) in [5.41, 5.74) is 4.67. The zero-order chi connectivity index (χ0) is 16.7. The summed E-state index contributed by atoms with van der Waals surface area (Å²) in [7, 11) is 0. The monoisotopic (exact) mass is 336 g/mol. The first-order valence-corrected chi connectivity index (χ1v) is 9.52. The molecule has 124 valence electrons. The molecule has 0 radical (unpaired) electrons. The lowest BCUT2D eigenvalue weighted by atomic mass is 9.54. The first kappa shape index (κ1) is 12.9. The summed E-state index contributed by atoms with van der Waals surface area (Å²) in [4.78, 5) is 0. The molecule has 3 aromatic rings. The highest BCUT2D eigenvalue weighted by atomic mass is 16.6. The second-order valence-corrected chi connectivity index (χ2v) is 8.36. The summed E-state index contributed by atoms with van der Waals surface area (Å²) in [6.07, 6.45) is 4.91. The third-order valence-corrected chi connectivity index (χ3v) is 7.58. The van der Waals surface area contributed by atoms with Crippen molar-refractivity contribution in [2.75, 3.05) is 0 Å². The molecule has 0 aromatic heterocycles. The Morgan fingerprint density at radius 3 is 2.50 bits per heavy atom. The normalized spacial score (nSPS) is 41.7. The molecular weight excluding hydrogens is 320 g/mol. The molecule has 2 fully saturated rings. The first-order chi connectivity index (χ1) is 12.8. The third kappa shape index (κ3) is 1.02. The van der Waals surface area contributed by atoms with E-state index in [4.69, 9.17) is 9.47 Å². The van der Waals surface area contributed by atoms with Crippen molar-refractivity contribution in [3.05, 3.63) is 95.1 Å². The van der Waals surface area contributed by atoms with Crippen LogP contribution in [-0.2, 0) is 20.7 Å². The highest BCUT2D eigenvalue weighted by Gasteiger charge is 2.77. The summed E-state index contributed by atoms with van der Waals surface area (Å²) >= 11 is 0. The highest BCUT2D eigenvalue weighted by Crippen LogP contribution is 2.76. The van der Waals surface area contributed by atoms with Gasteiger partial charge in [-0.3, -0.25) is 0 Å². The number of fused-ring (bicyclic) bond motifs is 6. The van der Waals surface area contributed by atoms with Crippen molar-refractivity contribution >= 4 is 10.8 Å². The summed E-state index contributed by atoms with van der Waals surface area (Å²) in [5.74, 6) is 0.726. The zero-order valence-electron chi connectivity index (χ0n) is 14.1. The molecule has 2 spiro atoms. The molecule has 4 heterocycles. The molecule has 6 atom stereocenters. The lowest BCUT2D eigenvalue weighted by Crippen LogP contribution is -2.49. The lowest BCUT2D eigenvalue weighted by Gasteiger charge is -2.47. The van der Waals surface area contributed by atoms with Crippen molar-refractivity contribution < 1.29 is 9.47 Å². The van der Waals surface area contributed by atoms with E-state index >= 15 is 0 Å². The molecule has 2 heteroatoms. The van der Waals surface area contributed by atoms with Crippen LogP contribution in [0.4, 0.5) is 0 Å². The van der Waals surface area contributed by atoms with Gasteiger partial charge in [-0.1, -0.05) is 66.7 Å². The number of hydrogen-bond donors (Lipinski definition) is 0. The van der Waals surface area contributed by atoms with E-state index < -0.39 is 0 Å². The van der Waals surface area contributed by atoms with Gasteiger partial charge in [-0.2, -0.15) is 0 Å². The minimum absolute atomic E-state index is 0.137. The third-order valence-electron chi connectivity index (χ3n) is 7.58. The summed E-state index contributed by atoms with van der Waals surface area (Å²) < 4.78 is 13.7. The Labute approximate surface area is 151 Å². The van der Waals surface area contributed by atoms with Gasteiger partial charge in [-0.25, -0.2) is 0 Å². The van der Waals surface area contributed by atoms with E-state index in [-0.39, 0.29) is 23.4 Å². The summed E-state index contributed by atoms with van der Waals surface area (Å²) in [6.45, 7) is 0. The van der Waals surface area contributed by atoms with Crippen LogP contribution in [0.25, 0.3) is 10.8 Å². The second kappa shape index (κ2) is 3.66. The minimum Gasteiger partial charge on any atom is -0.358 e. The molecule has 0 saturated carbocycles. The molecule has 3 aromatic carbocycles. The van der Waals surface area contributed by atoms with Gasteiger partial charge in [-0.05, 0) is 39.1 Å². The van der Waals surface area contributed by atoms with Crippen molar-refractivity contribution in [3.63, 3.8) is 0 Å². The smallest absolute Gasteiger partial charge is 0.127 e. The molecule has 1 aliphatic carbocycles. The number of benzene rings is 3. The SMILES string of the molecule is C1=C[C@@]23O[C@@H]1C1C2[C@]2(O[C@@H]1c1ccccc12)c1cccc2cccc3c12. The van der Waals surface area contributed by atoms with Crippen LogP contribution in [0, 0.1) is 11.8 Å². The number of rotatable bonds is 0. The van der Waals surface area contributed by atoms with E-state index in [1.807, 2.05) is 0 Å². The van der Waals surface area contributed by atoms with Gasteiger partial charge in [0.05, 0.1) is 12.2 Å². The summed E-state index contributed by atoms with van der Waals surface area (Å²) in [5, 5.41) is 2.61. The van der Waals surface area contributed by atoms with Crippen LogP contribution in [0.5, 0.6) is 0 Å². The van der Waals surface area contributed by atoms with Crippen LogP contribution in [0.1, 0.15) is 28.4 Å². The fourth-order valence-electron chi connectivity index (χ4n) is 6.93. The Kier molecular flexibility index (Phi) is 1.81. The fraction of sp³-hybridized carbons (Fsp3) is 0.250. The predicted molar refractivity (Wildman–Crippen MR) is 97.7 cm³/mol. The minimum atomic E-state index is -0.376. The van der Waals surface area contributed by atoms with E-state index in [1.165, 1.54) is 33.0 Å². The van der Waals surface area contributed by atoms with Crippen LogP contribution in [-0.4, -0.2) is 6.10 Å². The Morgan fingerprint density at radius 1 is 0.769 bits per heavy atom. The van der Waals surface area contributed by atoms with E-state index in [0.717, 1.165) is 0 Å². The van der Waals surface area contributed by atoms with Gasteiger partial charge in [0.2, 0.25) is 0 Å². The van der Waals surface area contributed by atoms with Gasteiger partial charge in [-0.15, -0.1) is 0 Å². The van der Waals surface area contributed by atoms with Gasteiger partial charge in [0.25, 0.3) is 0 Å². The molecule has 0 amide bonds. The van der Waals surface area contributed by atoms with E-state index in [1.54, 1.807) is 0 Å². The average molecular weight is 336 g/mol. The van der Waals surface area contributed by atoms with Gasteiger partial charge < -0.3 is 9.47 Å². The fourth-order valence-corrected chi connectivity index (χ4v) is 6.93. The van der Waals surface area contributed by atoms with Crippen LogP contribution in [0.3, 0.4) is 0 Å². The van der Waals surface area contributed by atoms with Gasteiger partial charge >= 0.3 is 0 Å². The number of hydrogen-bond acceptors (Lipinski definition) is 2. The van der Waals surface area contributed by atoms with Crippen LogP contribution in [0.2, 0.25) is 0 Å². The molecule has 0 N–H and O–H groups in total. The van der Waals surface area contributed by atoms with Crippen LogP contribution in [0.15, 0.2) is 72.8 Å². The second-order valence-electron chi connectivity index (χ2n) is 8.36. The Bertz CT molecular complexity index is 1190. The molecule has 5 aliphatic rings. The van der Waals surface area contributed by atoms with E-state index in [2.05, 4.69) is 72.8 Å². The van der Waals surface area contributed by atoms with Gasteiger partial charge in [0.1, 0.15) is 11.2 Å². The predicted octanol–water partition coefficient (Wildman–Crippen LogP) is 4.58. The Morgan fingerprint density at radius 2 is 1.58 bits per heavy atom. The molecule has 4 bridgehead atoms. The molecule has 2 unspecified atom stereocenters. The van der Waals surface area contributed by atoms with Crippen LogP contribution >= 0.6 is 0 Å². The van der Waals surface area contributed by atoms with Crippen LogP contribution < -0.4 is 0 Å². The lowest BCUT2D eigenvalue weighted by molar-refractivity contribution is -0.0922. The molecule has 2 saturated heterocycles. The van der Waals surface area contributed by atoms with E-state index in [0.29, 0.717) is 11.8 Å². The average Bonchev–Trinajstić information content (AvgIpc) is 3.43.